The fourth-order valence-corrected chi connectivity index (χ4v) is 4.84. The molecular formula is C26H31N5O. The summed E-state index contributed by atoms with van der Waals surface area (Å²) >= 11 is 0. The zero-order chi connectivity index (χ0) is 21.8. The van der Waals surface area contributed by atoms with Crippen molar-refractivity contribution in [3.8, 4) is 11.4 Å². The van der Waals surface area contributed by atoms with E-state index in [4.69, 9.17) is 0 Å². The fraction of sp³-hybridized carbons (Fsp3) is 0.423. The number of benzene rings is 2. The molecule has 2 aliphatic heterocycles. The van der Waals surface area contributed by atoms with Crippen molar-refractivity contribution in [1.82, 2.24) is 19.7 Å². The van der Waals surface area contributed by atoms with E-state index in [-0.39, 0.29) is 5.91 Å². The lowest BCUT2D eigenvalue weighted by atomic mass is 10.0. The van der Waals surface area contributed by atoms with Gasteiger partial charge in [0.25, 0.3) is 0 Å². The average Bonchev–Trinajstić information content (AvgIpc) is 3.11. The van der Waals surface area contributed by atoms with Crippen LogP contribution in [0, 0.1) is 0 Å². The van der Waals surface area contributed by atoms with E-state index in [9.17, 15) is 4.79 Å². The van der Waals surface area contributed by atoms with Crippen LogP contribution in [0.2, 0.25) is 0 Å². The van der Waals surface area contributed by atoms with E-state index in [1.54, 1.807) is 0 Å². The number of piperidine rings is 1. The van der Waals surface area contributed by atoms with Crippen LogP contribution in [0.25, 0.3) is 11.4 Å². The van der Waals surface area contributed by atoms with Gasteiger partial charge >= 0.3 is 0 Å². The first-order chi connectivity index (χ1) is 15.8. The molecule has 3 aromatic rings. The Hall–Kier alpha value is -3.15. The number of aromatic nitrogens is 3. The summed E-state index contributed by atoms with van der Waals surface area (Å²) in [6, 6.07) is 17.9. The minimum Gasteiger partial charge on any atom is -0.370 e. The van der Waals surface area contributed by atoms with Crippen molar-refractivity contribution >= 4 is 11.6 Å². The lowest BCUT2D eigenvalue weighted by Gasteiger charge is -2.31. The van der Waals surface area contributed by atoms with Crippen LogP contribution in [0.1, 0.15) is 56.0 Å². The first-order valence-electron chi connectivity index (χ1n) is 11.9. The summed E-state index contributed by atoms with van der Waals surface area (Å²) in [4.78, 5) is 15.5. The molecule has 1 amide bonds. The number of likely N-dealkylation sites (tertiary alicyclic amines) is 1. The van der Waals surface area contributed by atoms with E-state index in [1.807, 2.05) is 47.4 Å². The zero-order valence-electron chi connectivity index (χ0n) is 18.5. The highest BCUT2D eigenvalue weighted by atomic mass is 16.2. The lowest BCUT2D eigenvalue weighted by Crippen LogP contribution is -2.41. The maximum Gasteiger partial charge on any atom is 0.249 e. The van der Waals surface area contributed by atoms with Gasteiger partial charge in [-0.15, -0.1) is 10.2 Å². The molecule has 0 bridgehead atoms. The molecule has 0 saturated carbocycles. The summed E-state index contributed by atoms with van der Waals surface area (Å²) in [6.45, 7) is 2.65. The molecule has 1 N–H and O–H groups in total. The summed E-state index contributed by atoms with van der Waals surface area (Å²) in [7, 11) is 0. The molecule has 2 aliphatic rings. The van der Waals surface area contributed by atoms with E-state index in [2.05, 4.69) is 32.2 Å². The summed E-state index contributed by atoms with van der Waals surface area (Å²) in [5.41, 5.74) is 2.95. The Morgan fingerprint density at radius 1 is 0.844 bits per heavy atom. The number of nitrogens with one attached hydrogen (secondary N) is 1. The van der Waals surface area contributed by atoms with E-state index in [0.717, 1.165) is 73.8 Å². The molecule has 0 unspecified atom stereocenters. The second-order valence-corrected chi connectivity index (χ2v) is 8.86. The Bertz CT molecular complexity index is 1060. The van der Waals surface area contributed by atoms with Crippen LogP contribution >= 0.6 is 0 Å². The molecule has 1 atom stereocenters. The number of anilines is 1. The van der Waals surface area contributed by atoms with Gasteiger partial charge < -0.3 is 14.8 Å². The molecule has 6 heteroatoms. The van der Waals surface area contributed by atoms with Gasteiger partial charge in [0.2, 0.25) is 5.91 Å². The third-order valence-corrected chi connectivity index (χ3v) is 6.59. The summed E-state index contributed by atoms with van der Waals surface area (Å²) < 4.78 is 2.26. The maximum absolute atomic E-state index is 13.5. The molecule has 166 valence electrons. The predicted molar refractivity (Wildman–Crippen MR) is 126 cm³/mol. The van der Waals surface area contributed by atoms with E-state index in [1.165, 1.54) is 19.3 Å². The van der Waals surface area contributed by atoms with Crippen LogP contribution in [-0.2, 0) is 17.8 Å². The second kappa shape index (κ2) is 9.55. The molecule has 1 saturated heterocycles. The molecule has 0 radical (unpaired) electrons. The number of aryl methyl sites for hydroxylation is 1. The summed E-state index contributed by atoms with van der Waals surface area (Å²) in [5, 5.41) is 12.5. The SMILES string of the molecule is O=C([C@@H](Nc1cccc(-c2nnc3n2CCCCC3)c1)c1ccccc1)N1CCCCC1. The first kappa shape index (κ1) is 20.7. The van der Waals surface area contributed by atoms with Crippen LogP contribution < -0.4 is 5.32 Å². The zero-order valence-corrected chi connectivity index (χ0v) is 18.5. The highest BCUT2D eigenvalue weighted by Crippen LogP contribution is 2.28. The van der Waals surface area contributed by atoms with Gasteiger partial charge in [0, 0.05) is 37.3 Å². The minimum atomic E-state index is -0.403. The third kappa shape index (κ3) is 4.40. The monoisotopic (exact) mass is 429 g/mol. The van der Waals surface area contributed by atoms with Crippen LogP contribution in [0.5, 0.6) is 0 Å². The highest BCUT2D eigenvalue weighted by molar-refractivity contribution is 5.86. The van der Waals surface area contributed by atoms with Crippen LogP contribution in [0.3, 0.4) is 0 Å². The van der Waals surface area contributed by atoms with E-state index < -0.39 is 6.04 Å². The predicted octanol–water partition coefficient (Wildman–Crippen LogP) is 4.84. The molecule has 32 heavy (non-hydrogen) atoms. The lowest BCUT2D eigenvalue weighted by molar-refractivity contribution is -0.133. The van der Waals surface area contributed by atoms with Crippen LogP contribution in [-0.4, -0.2) is 38.7 Å². The largest absolute Gasteiger partial charge is 0.370 e. The summed E-state index contributed by atoms with van der Waals surface area (Å²) in [5.74, 6) is 2.15. The normalized spacial score (nSPS) is 17.3. The van der Waals surface area contributed by atoms with Gasteiger partial charge in [0.1, 0.15) is 11.9 Å². The quantitative estimate of drug-likeness (QED) is 0.631. The number of hydrogen-bond donors (Lipinski definition) is 1. The molecule has 1 aromatic heterocycles. The average molecular weight is 430 g/mol. The second-order valence-electron chi connectivity index (χ2n) is 8.86. The van der Waals surface area contributed by atoms with E-state index in [0.29, 0.717) is 0 Å². The Labute approximate surface area is 189 Å². The third-order valence-electron chi connectivity index (χ3n) is 6.59. The minimum absolute atomic E-state index is 0.151. The number of rotatable bonds is 5. The molecule has 6 nitrogen and oxygen atoms in total. The Morgan fingerprint density at radius 2 is 1.62 bits per heavy atom. The molecular weight excluding hydrogens is 398 g/mol. The molecule has 5 rings (SSSR count). The number of carbonyl (C=O) groups excluding carboxylic acids is 1. The number of hydrogen-bond acceptors (Lipinski definition) is 4. The highest BCUT2D eigenvalue weighted by Gasteiger charge is 2.27. The standard InChI is InChI=1S/C26H31N5O/c32-26(30-16-7-3-8-17-30)24(20-11-4-1-5-12-20)27-22-14-10-13-21(19-22)25-29-28-23-15-6-2-9-18-31(23)25/h1,4-5,10-14,19,24,27H,2-3,6-9,15-18H2/t24-/m0/s1. The van der Waals surface area contributed by atoms with E-state index >= 15 is 0 Å². The van der Waals surface area contributed by atoms with Gasteiger partial charge in [0.05, 0.1) is 0 Å². The number of carbonyl (C=O) groups is 1. The number of nitrogens with zero attached hydrogens (tertiary/aromatic N) is 4. The molecule has 2 aromatic carbocycles. The van der Waals surface area contributed by atoms with Crippen molar-refractivity contribution in [2.24, 2.45) is 0 Å². The molecule has 1 fully saturated rings. The first-order valence-corrected chi connectivity index (χ1v) is 11.9. The van der Waals surface area contributed by atoms with Gasteiger partial charge in [-0.2, -0.15) is 0 Å². The molecule has 0 aliphatic carbocycles. The molecule has 3 heterocycles. The van der Waals surface area contributed by atoms with Crippen molar-refractivity contribution in [2.45, 2.75) is 57.5 Å². The topological polar surface area (TPSA) is 63.1 Å². The van der Waals surface area contributed by atoms with Crippen LogP contribution in [0.15, 0.2) is 54.6 Å². The van der Waals surface area contributed by atoms with Gasteiger partial charge in [-0.1, -0.05) is 48.9 Å². The van der Waals surface area contributed by atoms with Crippen LogP contribution in [0.4, 0.5) is 5.69 Å². The molecule has 0 spiro atoms. The number of fused-ring (bicyclic) bond motifs is 1. The van der Waals surface area contributed by atoms with Gasteiger partial charge in [0.15, 0.2) is 5.82 Å². The van der Waals surface area contributed by atoms with Crippen molar-refractivity contribution in [3.63, 3.8) is 0 Å². The van der Waals surface area contributed by atoms with Crippen molar-refractivity contribution in [3.05, 3.63) is 66.0 Å². The fourth-order valence-electron chi connectivity index (χ4n) is 4.84. The number of amides is 1. The van der Waals surface area contributed by atoms with Crippen molar-refractivity contribution < 1.29 is 4.79 Å². The maximum atomic E-state index is 13.5. The smallest absolute Gasteiger partial charge is 0.249 e. The van der Waals surface area contributed by atoms with Gasteiger partial charge in [-0.3, -0.25) is 4.79 Å². The summed E-state index contributed by atoms with van der Waals surface area (Å²) in [6.07, 6.45) is 7.94. The van der Waals surface area contributed by atoms with Crippen molar-refractivity contribution in [1.29, 1.82) is 0 Å². The Balaban J connectivity index is 1.43. The Morgan fingerprint density at radius 3 is 2.47 bits per heavy atom. The van der Waals surface area contributed by atoms with Crippen molar-refractivity contribution in [2.75, 3.05) is 18.4 Å². The van der Waals surface area contributed by atoms with Gasteiger partial charge in [-0.05, 0) is 49.8 Å². The van der Waals surface area contributed by atoms with Gasteiger partial charge in [-0.25, -0.2) is 0 Å². The Kier molecular flexibility index (Phi) is 6.19.